The van der Waals surface area contributed by atoms with Crippen LogP contribution in [0.1, 0.15) is 5.89 Å². The van der Waals surface area contributed by atoms with E-state index >= 15 is 0 Å². The Balaban J connectivity index is 1.42. The van der Waals surface area contributed by atoms with Gasteiger partial charge >= 0.3 is 0 Å². The Bertz CT molecular complexity index is 934. The van der Waals surface area contributed by atoms with Crippen LogP contribution < -0.4 is 0 Å². The van der Waals surface area contributed by atoms with Gasteiger partial charge in [-0.15, -0.1) is 20.4 Å². The van der Waals surface area contributed by atoms with Crippen LogP contribution in [-0.2, 0) is 5.75 Å². The normalized spacial score (nSPS) is 11.0. The minimum atomic E-state index is 0.337. The van der Waals surface area contributed by atoms with Gasteiger partial charge in [-0.3, -0.25) is 0 Å². The van der Waals surface area contributed by atoms with Crippen LogP contribution in [0.25, 0.3) is 23.1 Å². The monoisotopic (exact) mass is 404 g/mol. The zero-order valence-corrected chi connectivity index (χ0v) is 14.5. The quantitative estimate of drug-likeness (QED) is 0.451. The van der Waals surface area contributed by atoms with Crippen molar-refractivity contribution >= 4 is 27.7 Å². The van der Waals surface area contributed by atoms with Crippen molar-refractivity contribution < 1.29 is 13.3 Å². The minimum Gasteiger partial charge on any atom is -0.459 e. The zero-order chi connectivity index (χ0) is 16.4. The van der Waals surface area contributed by atoms with Gasteiger partial charge in [0.15, 0.2) is 5.76 Å². The second kappa shape index (κ2) is 6.62. The van der Waals surface area contributed by atoms with Gasteiger partial charge in [-0.1, -0.05) is 27.7 Å². The molecule has 3 aromatic heterocycles. The smallest absolute Gasteiger partial charge is 0.284 e. The standard InChI is InChI=1S/C15H9BrN4O3S/c16-10-5-3-9(4-6-10)13-18-17-12(22-13)8-24-15-20-19-14(23-15)11-2-1-7-21-11/h1-7H,8H2. The summed E-state index contributed by atoms with van der Waals surface area (Å²) >= 11 is 4.71. The van der Waals surface area contributed by atoms with Gasteiger partial charge in [0, 0.05) is 10.0 Å². The molecule has 0 saturated heterocycles. The average molecular weight is 405 g/mol. The molecule has 0 bridgehead atoms. The predicted octanol–water partition coefficient (Wildman–Crippen LogP) is 4.43. The van der Waals surface area contributed by atoms with E-state index in [1.165, 1.54) is 11.8 Å². The van der Waals surface area contributed by atoms with Crippen LogP contribution in [-0.4, -0.2) is 20.4 Å². The number of halogens is 1. The lowest BCUT2D eigenvalue weighted by atomic mass is 10.2. The first-order valence-electron chi connectivity index (χ1n) is 6.86. The summed E-state index contributed by atoms with van der Waals surface area (Å²) in [6.45, 7) is 0. The zero-order valence-electron chi connectivity index (χ0n) is 12.0. The van der Waals surface area contributed by atoms with Crippen molar-refractivity contribution in [3.8, 4) is 23.1 Å². The molecule has 9 heteroatoms. The van der Waals surface area contributed by atoms with Gasteiger partial charge in [0.1, 0.15) is 0 Å². The van der Waals surface area contributed by atoms with Gasteiger partial charge in [0.05, 0.1) is 12.0 Å². The molecule has 1 aromatic carbocycles. The molecule has 0 unspecified atom stereocenters. The van der Waals surface area contributed by atoms with Crippen molar-refractivity contribution in [1.82, 2.24) is 20.4 Å². The van der Waals surface area contributed by atoms with E-state index in [-0.39, 0.29) is 0 Å². The van der Waals surface area contributed by atoms with Crippen molar-refractivity contribution in [3.05, 3.63) is 53.0 Å². The molecular formula is C15H9BrN4O3S. The maximum atomic E-state index is 5.64. The Morgan fingerprint density at radius 2 is 1.75 bits per heavy atom. The van der Waals surface area contributed by atoms with Crippen LogP contribution in [0.15, 0.2) is 65.6 Å². The molecule has 0 radical (unpaired) electrons. The van der Waals surface area contributed by atoms with Crippen LogP contribution in [0.2, 0.25) is 0 Å². The first-order valence-corrected chi connectivity index (χ1v) is 8.64. The molecule has 7 nitrogen and oxygen atoms in total. The Hall–Kier alpha value is -2.39. The SMILES string of the molecule is Brc1ccc(-c2nnc(CSc3nnc(-c4ccco4)o3)o2)cc1. The summed E-state index contributed by atoms with van der Waals surface area (Å²) in [6.07, 6.45) is 1.55. The fraction of sp³-hybridized carbons (Fsp3) is 0.0667. The summed E-state index contributed by atoms with van der Waals surface area (Å²) in [5.41, 5.74) is 0.861. The van der Waals surface area contributed by atoms with Gasteiger partial charge in [-0.25, -0.2) is 0 Å². The van der Waals surface area contributed by atoms with Gasteiger partial charge < -0.3 is 13.3 Å². The van der Waals surface area contributed by atoms with Gasteiger partial charge in [-0.05, 0) is 36.4 Å². The highest BCUT2D eigenvalue weighted by molar-refractivity contribution is 9.10. The summed E-state index contributed by atoms with van der Waals surface area (Å²) in [4.78, 5) is 0. The molecule has 24 heavy (non-hydrogen) atoms. The Labute approximate surface area is 148 Å². The van der Waals surface area contributed by atoms with Crippen molar-refractivity contribution in [2.45, 2.75) is 11.0 Å². The van der Waals surface area contributed by atoms with Crippen LogP contribution in [0, 0.1) is 0 Å². The molecule has 0 aliphatic rings. The van der Waals surface area contributed by atoms with E-state index in [2.05, 4.69) is 36.3 Å². The largest absolute Gasteiger partial charge is 0.459 e. The maximum absolute atomic E-state index is 5.64. The van der Waals surface area contributed by atoms with Crippen molar-refractivity contribution in [2.24, 2.45) is 0 Å². The summed E-state index contributed by atoms with van der Waals surface area (Å²) in [5.74, 6) is 2.26. The van der Waals surface area contributed by atoms with E-state index < -0.39 is 0 Å². The van der Waals surface area contributed by atoms with E-state index in [0.717, 1.165) is 10.0 Å². The van der Waals surface area contributed by atoms with Crippen LogP contribution in [0.4, 0.5) is 0 Å². The van der Waals surface area contributed by atoms with E-state index in [1.54, 1.807) is 18.4 Å². The first kappa shape index (κ1) is 15.2. The molecule has 120 valence electrons. The molecule has 4 rings (SSSR count). The summed E-state index contributed by atoms with van der Waals surface area (Å²) < 4.78 is 17.3. The molecular weight excluding hydrogens is 396 g/mol. The van der Waals surface area contributed by atoms with Crippen molar-refractivity contribution in [3.63, 3.8) is 0 Å². The van der Waals surface area contributed by atoms with E-state index in [4.69, 9.17) is 13.3 Å². The number of nitrogens with zero attached hydrogens (tertiary/aromatic N) is 4. The van der Waals surface area contributed by atoms with Gasteiger partial charge in [-0.2, -0.15) is 0 Å². The number of furan rings is 1. The molecule has 0 aliphatic heterocycles. The number of rotatable bonds is 5. The second-order valence-corrected chi connectivity index (χ2v) is 6.49. The average Bonchev–Trinajstić information content (AvgIpc) is 3.34. The third kappa shape index (κ3) is 3.26. The highest BCUT2D eigenvalue weighted by Crippen LogP contribution is 2.27. The fourth-order valence-corrected chi connectivity index (χ4v) is 2.78. The first-order chi connectivity index (χ1) is 11.8. The van der Waals surface area contributed by atoms with E-state index in [0.29, 0.717) is 34.4 Å². The Kier molecular flexibility index (Phi) is 4.18. The molecule has 0 N–H and O–H groups in total. The van der Waals surface area contributed by atoms with Crippen molar-refractivity contribution in [1.29, 1.82) is 0 Å². The third-order valence-corrected chi connectivity index (χ3v) is 4.35. The predicted molar refractivity (Wildman–Crippen MR) is 89.0 cm³/mol. The summed E-state index contributed by atoms with van der Waals surface area (Å²) in [6, 6.07) is 11.2. The lowest BCUT2D eigenvalue weighted by Gasteiger charge is -1.94. The summed E-state index contributed by atoms with van der Waals surface area (Å²) in [7, 11) is 0. The molecule has 0 spiro atoms. The highest BCUT2D eigenvalue weighted by atomic mass is 79.9. The minimum absolute atomic E-state index is 0.337. The molecule has 0 atom stereocenters. The van der Waals surface area contributed by atoms with Gasteiger partial charge in [0.25, 0.3) is 11.1 Å². The van der Waals surface area contributed by atoms with Crippen LogP contribution >= 0.6 is 27.7 Å². The fourth-order valence-electron chi connectivity index (χ4n) is 1.91. The number of aromatic nitrogens is 4. The highest BCUT2D eigenvalue weighted by Gasteiger charge is 2.14. The molecule has 0 fully saturated rings. The molecule has 0 saturated carbocycles. The van der Waals surface area contributed by atoms with Crippen LogP contribution in [0.5, 0.6) is 0 Å². The molecule has 0 amide bonds. The Morgan fingerprint density at radius 1 is 0.917 bits per heavy atom. The van der Waals surface area contributed by atoms with Crippen molar-refractivity contribution in [2.75, 3.05) is 0 Å². The maximum Gasteiger partial charge on any atom is 0.284 e. The second-order valence-electron chi connectivity index (χ2n) is 4.65. The number of thioether (sulfide) groups is 1. The van der Waals surface area contributed by atoms with Crippen LogP contribution in [0.3, 0.4) is 0 Å². The molecule has 4 aromatic rings. The number of benzene rings is 1. The number of hydrogen-bond acceptors (Lipinski definition) is 8. The molecule has 0 aliphatic carbocycles. The molecule has 3 heterocycles. The van der Waals surface area contributed by atoms with E-state index in [9.17, 15) is 0 Å². The lowest BCUT2D eigenvalue weighted by molar-refractivity contribution is 0.446. The number of hydrogen-bond donors (Lipinski definition) is 0. The van der Waals surface area contributed by atoms with Gasteiger partial charge in [0.2, 0.25) is 11.8 Å². The topological polar surface area (TPSA) is 91.0 Å². The van der Waals surface area contributed by atoms with E-state index in [1.807, 2.05) is 24.3 Å². The Morgan fingerprint density at radius 3 is 2.54 bits per heavy atom. The lowest BCUT2D eigenvalue weighted by Crippen LogP contribution is -1.80. The third-order valence-electron chi connectivity index (χ3n) is 3.02. The summed E-state index contributed by atoms with van der Waals surface area (Å²) in [5, 5.41) is 16.4.